The highest BCUT2D eigenvalue weighted by Crippen LogP contribution is 2.42. The Morgan fingerprint density at radius 1 is 1.28 bits per heavy atom. The van der Waals surface area contributed by atoms with Crippen LogP contribution in [0.15, 0.2) is 24.3 Å². The smallest absolute Gasteiger partial charge is 0.314 e. The lowest BCUT2D eigenvalue weighted by Crippen LogP contribution is -2.32. The Labute approximate surface area is 107 Å². The summed E-state index contributed by atoms with van der Waals surface area (Å²) in [4.78, 5) is 11.6. The van der Waals surface area contributed by atoms with Crippen LogP contribution in [0, 0.1) is 0 Å². The monoisotopic (exact) mass is 246 g/mol. The molecule has 1 N–H and O–H groups in total. The molecule has 18 heavy (non-hydrogen) atoms. The quantitative estimate of drug-likeness (QED) is 0.887. The van der Waals surface area contributed by atoms with Gasteiger partial charge in [-0.1, -0.05) is 25.0 Å². The molecule has 0 aromatic heterocycles. The molecule has 2 aliphatic rings. The Bertz CT molecular complexity index is 457. The lowest BCUT2D eigenvalue weighted by Gasteiger charge is -2.24. The molecule has 0 unspecified atom stereocenters. The number of rotatable bonds is 4. The highest BCUT2D eigenvalue weighted by molar-refractivity contribution is 5.82. The van der Waals surface area contributed by atoms with Crippen LogP contribution in [0.3, 0.4) is 0 Å². The first-order chi connectivity index (χ1) is 8.71. The molecule has 3 nitrogen and oxygen atoms in total. The largest absolute Gasteiger partial charge is 0.490 e. The van der Waals surface area contributed by atoms with Gasteiger partial charge in [0.25, 0.3) is 0 Å². The Morgan fingerprint density at radius 3 is 2.61 bits per heavy atom. The summed E-state index contributed by atoms with van der Waals surface area (Å²) in [7, 11) is 0. The number of hydrogen-bond acceptors (Lipinski definition) is 2. The third-order valence-corrected chi connectivity index (χ3v) is 4.08. The zero-order chi connectivity index (χ0) is 12.6. The minimum absolute atomic E-state index is 0.351. The summed E-state index contributed by atoms with van der Waals surface area (Å²) < 4.78 is 5.76. The van der Waals surface area contributed by atoms with Crippen molar-refractivity contribution in [1.82, 2.24) is 0 Å². The SMILES string of the molecule is O=C(O)C1(c2cccc(OC3CC3)c2)CCCC1. The molecule has 0 heterocycles. The first-order valence-electron chi connectivity index (χ1n) is 6.71. The predicted octanol–water partition coefficient (Wildman–Crippen LogP) is 3.12. The molecule has 2 aliphatic carbocycles. The highest BCUT2D eigenvalue weighted by Gasteiger charge is 2.43. The van der Waals surface area contributed by atoms with E-state index in [-0.39, 0.29) is 0 Å². The van der Waals surface area contributed by atoms with Crippen molar-refractivity contribution in [2.75, 3.05) is 0 Å². The molecule has 0 amide bonds. The van der Waals surface area contributed by atoms with Crippen LogP contribution in [0.2, 0.25) is 0 Å². The molecule has 0 saturated heterocycles. The Balaban J connectivity index is 1.91. The number of hydrogen-bond donors (Lipinski definition) is 1. The minimum atomic E-state index is -0.691. The molecule has 0 radical (unpaired) electrons. The van der Waals surface area contributed by atoms with E-state index in [9.17, 15) is 9.90 Å². The summed E-state index contributed by atoms with van der Waals surface area (Å²) in [5.41, 5.74) is 0.230. The fourth-order valence-electron chi connectivity index (χ4n) is 2.85. The number of aliphatic carboxylic acids is 1. The molecule has 0 bridgehead atoms. The van der Waals surface area contributed by atoms with Gasteiger partial charge in [-0.05, 0) is 43.4 Å². The van der Waals surface area contributed by atoms with E-state index in [1.807, 2.05) is 24.3 Å². The van der Waals surface area contributed by atoms with Crippen LogP contribution >= 0.6 is 0 Å². The number of carbonyl (C=O) groups is 1. The second-order valence-electron chi connectivity index (χ2n) is 5.44. The number of benzene rings is 1. The van der Waals surface area contributed by atoms with E-state index < -0.39 is 11.4 Å². The maximum absolute atomic E-state index is 11.6. The Morgan fingerprint density at radius 2 is 2.00 bits per heavy atom. The summed E-state index contributed by atoms with van der Waals surface area (Å²) in [6.07, 6.45) is 6.08. The molecule has 0 atom stereocenters. The van der Waals surface area contributed by atoms with Crippen molar-refractivity contribution in [2.45, 2.75) is 50.0 Å². The van der Waals surface area contributed by atoms with Gasteiger partial charge in [-0.2, -0.15) is 0 Å². The lowest BCUT2D eigenvalue weighted by atomic mass is 9.79. The zero-order valence-corrected chi connectivity index (χ0v) is 10.4. The number of carboxylic acid groups (broad SMARTS) is 1. The van der Waals surface area contributed by atoms with Gasteiger partial charge in [0, 0.05) is 0 Å². The Kier molecular flexibility index (Phi) is 2.77. The van der Waals surface area contributed by atoms with Crippen molar-refractivity contribution in [1.29, 1.82) is 0 Å². The van der Waals surface area contributed by atoms with Crippen LogP contribution in [0.1, 0.15) is 44.1 Å². The topological polar surface area (TPSA) is 46.5 Å². The van der Waals surface area contributed by atoms with Gasteiger partial charge in [0.2, 0.25) is 0 Å². The maximum atomic E-state index is 11.6. The van der Waals surface area contributed by atoms with Crippen LogP contribution < -0.4 is 4.74 Å². The summed E-state index contributed by atoms with van der Waals surface area (Å²) in [5, 5.41) is 9.56. The van der Waals surface area contributed by atoms with E-state index in [0.29, 0.717) is 6.10 Å². The van der Waals surface area contributed by atoms with E-state index in [1.165, 1.54) is 0 Å². The minimum Gasteiger partial charge on any atom is -0.490 e. The van der Waals surface area contributed by atoms with Gasteiger partial charge in [-0.15, -0.1) is 0 Å². The summed E-state index contributed by atoms with van der Waals surface area (Å²) >= 11 is 0. The van der Waals surface area contributed by atoms with E-state index in [4.69, 9.17) is 4.74 Å². The van der Waals surface area contributed by atoms with Gasteiger partial charge in [-0.25, -0.2) is 0 Å². The molecule has 0 aliphatic heterocycles. The van der Waals surface area contributed by atoms with Crippen molar-refractivity contribution in [3.63, 3.8) is 0 Å². The molecule has 2 saturated carbocycles. The molecule has 1 aromatic carbocycles. The number of ether oxygens (including phenoxy) is 1. The van der Waals surface area contributed by atoms with Crippen LogP contribution in [0.25, 0.3) is 0 Å². The predicted molar refractivity (Wildman–Crippen MR) is 67.9 cm³/mol. The summed E-state index contributed by atoms with van der Waals surface area (Å²) in [6.45, 7) is 0. The van der Waals surface area contributed by atoms with Crippen molar-refractivity contribution in [3.8, 4) is 5.75 Å². The highest BCUT2D eigenvalue weighted by atomic mass is 16.5. The van der Waals surface area contributed by atoms with Crippen LogP contribution in [0.4, 0.5) is 0 Å². The zero-order valence-electron chi connectivity index (χ0n) is 10.4. The van der Waals surface area contributed by atoms with Crippen molar-refractivity contribution < 1.29 is 14.6 Å². The second kappa shape index (κ2) is 4.30. The van der Waals surface area contributed by atoms with Crippen LogP contribution in [-0.2, 0) is 10.2 Å². The lowest BCUT2D eigenvalue weighted by molar-refractivity contribution is -0.143. The molecular weight excluding hydrogens is 228 g/mol. The second-order valence-corrected chi connectivity index (χ2v) is 5.44. The molecule has 1 aromatic rings. The fraction of sp³-hybridized carbons (Fsp3) is 0.533. The Hall–Kier alpha value is -1.51. The van der Waals surface area contributed by atoms with E-state index in [1.54, 1.807) is 0 Å². The molecular formula is C15H18O3. The van der Waals surface area contributed by atoms with Crippen molar-refractivity contribution in [3.05, 3.63) is 29.8 Å². The standard InChI is InChI=1S/C15H18O3/c16-14(17)15(8-1-2-9-15)11-4-3-5-13(10-11)18-12-6-7-12/h3-5,10,12H,1-2,6-9H2,(H,16,17). The van der Waals surface area contributed by atoms with E-state index in [0.717, 1.165) is 49.8 Å². The molecule has 96 valence electrons. The normalized spacial score (nSPS) is 21.8. The fourth-order valence-corrected chi connectivity index (χ4v) is 2.85. The van der Waals surface area contributed by atoms with Gasteiger partial charge < -0.3 is 9.84 Å². The first kappa shape index (κ1) is 11.6. The van der Waals surface area contributed by atoms with Gasteiger partial charge in [-0.3, -0.25) is 4.79 Å². The van der Waals surface area contributed by atoms with Crippen LogP contribution in [-0.4, -0.2) is 17.2 Å². The third-order valence-electron chi connectivity index (χ3n) is 4.08. The van der Waals surface area contributed by atoms with Gasteiger partial charge in [0.1, 0.15) is 5.75 Å². The molecule has 3 rings (SSSR count). The third kappa shape index (κ3) is 1.98. The van der Waals surface area contributed by atoms with Crippen molar-refractivity contribution in [2.24, 2.45) is 0 Å². The summed E-state index contributed by atoms with van der Waals surface area (Å²) in [5.74, 6) is 0.131. The van der Waals surface area contributed by atoms with Gasteiger partial charge in [0.05, 0.1) is 11.5 Å². The molecule has 2 fully saturated rings. The maximum Gasteiger partial charge on any atom is 0.314 e. The first-order valence-corrected chi connectivity index (χ1v) is 6.71. The van der Waals surface area contributed by atoms with Crippen molar-refractivity contribution >= 4 is 5.97 Å². The van der Waals surface area contributed by atoms with Gasteiger partial charge >= 0.3 is 5.97 Å². The number of carboxylic acids is 1. The average molecular weight is 246 g/mol. The summed E-state index contributed by atoms with van der Waals surface area (Å²) in [6, 6.07) is 7.69. The van der Waals surface area contributed by atoms with E-state index in [2.05, 4.69) is 0 Å². The van der Waals surface area contributed by atoms with Gasteiger partial charge in [0.15, 0.2) is 0 Å². The molecule has 0 spiro atoms. The van der Waals surface area contributed by atoms with Crippen LogP contribution in [0.5, 0.6) is 5.75 Å². The average Bonchev–Trinajstić information content (AvgIpc) is 3.03. The molecule has 3 heteroatoms. The van der Waals surface area contributed by atoms with E-state index >= 15 is 0 Å².